The molecule has 0 amide bonds. The smallest absolute Gasteiger partial charge is 0.191 e. The molecule has 0 spiro atoms. The van der Waals surface area contributed by atoms with Gasteiger partial charge in [-0.3, -0.25) is 0 Å². The van der Waals surface area contributed by atoms with Crippen molar-refractivity contribution in [3.8, 4) is 0 Å². The largest absolute Gasteiger partial charge is 0.341 e. The van der Waals surface area contributed by atoms with Crippen molar-refractivity contribution in [3.63, 3.8) is 0 Å². The molecule has 7 heteroatoms. The number of fused-ring (bicyclic) bond motifs is 1. The Hall–Kier alpha value is -1.86. The molecule has 3 aromatic rings. The SMILES string of the molecule is Cn1c(CN)nnc1SCc1nc2ccccc2[nH]1. The summed E-state index contributed by atoms with van der Waals surface area (Å²) in [4.78, 5) is 7.82. The van der Waals surface area contributed by atoms with Gasteiger partial charge in [0.15, 0.2) is 5.16 Å². The maximum Gasteiger partial charge on any atom is 0.191 e. The highest BCUT2D eigenvalue weighted by Crippen LogP contribution is 2.21. The molecule has 2 heterocycles. The van der Waals surface area contributed by atoms with E-state index in [9.17, 15) is 0 Å². The molecule has 3 N–H and O–H groups in total. The molecule has 0 saturated carbocycles. The van der Waals surface area contributed by atoms with Crippen molar-refractivity contribution < 1.29 is 0 Å². The highest BCUT2D eigenvalue weighted by atomic mass is 32.2. The van der Waals surface area contributed by atoms with Gasteiger partial charge in [0.1, 0.15) is 11.6 Å². The van der Waals surface area contributed by atoms with Crippen molar-refractivity contribution in [1.82, 2.24) is 24.7 Å². The van der Waals surface area contributed by atoms with Crippen molar-refractivity contribution in [1.29, 1.82) is 0 Å². The lowest BCUT2D eigenvalue weighted by atomic mass is 10.3. The fourth-order valence-electron chi connectivity index (χ4n) is 1.86. The van der Waals surface area contributed by atoms with Crippen LogP contribution in [0, 0.1) is 0 Å². The molecule has 0 saturated heterocycles. The van der Waals surface area contributed by atoms with Gasteiger partial charge in [-0.1, -0.05) is 23.9 Å². The standard InChI is InChI=1S/C12H14N6S/c1-18-11(6-13)16-17-12(18)19-7-10-14-8-4-2-3-5-9(8)15-10/h2-5H,6-7,13H2,1H3,(H,14,15). The van der Waals surface area contributed by atoms with Gasteiger partial charge in [0.05, 0.1) is 23.3 Å². The summed E-state index contributed by atoms with van der Waals surface area (Å²) in [6.07, 6.45) is 0. The molecule has 0 radical (unpaired) electrons. The molecule has 0 aliphatic rings. The number of rotatable bonds is 4. The average molecular weight is 274 g/mol. The number of thioether (sulfide) groups is 1. The zero-order chi connectivity index (χ0) is 13.2. The van der Waals surface area contributed by atoms with Crippen LogP contribution in [-0.4, -0.2) is 24.7 Å². The third kappa shape index (κ3) is 2.34. The number of aromatic nitrogens is 5. The fourth-order valence-corrected chi connectivity index (χ4v) is 2.66. The summed E-state index contributed by atoms with van der Waals surface area (Å²) < 4.78 is 1.91. The highest BCUT2D eigenvalue weighted by Gasteiger charge is 2.09. The molecule has 3 rings (SSSR count). The van der Waals surface area contributed by atoms with Crippen LogP contribution >= 0.6 is 11.8 Å². The minimum atomic E-state index is 0.398. The summed E-state index contributed by atoms with van der Waals surface area (Å²) in [6.45, 7) is 0.398. The van der Waals surface area contributed by atoms with E-state index in [1.165, 1.54) is 0 Å². The first-order valence-corrected chi connectivity index (χ1v) is 6.91. The normalized spacial score (nSPS) is 11.3. The molecule has 1 aromatic carbocycles. The molecular weight excluding hydrogens is 260 g/mol. The number of imidazole rings is 1. The molecule has 98 valence electrons. The molecule has 19 heavy (non-hydrogen) atoms. The van der Waals surface area contributed by atoms with E-state index in [2.05, 4.69) is 20.2 Å². The van der Waals surface area contributed by atoms with E-state index in [0.29, 0.717) is 6.54 Å². The highest BCUT2D eigenvalue weighted by molar-refractivity contribution is 7.98. The summed E-state index contributed by atoms with van der Waals surface area (Å²) in [6, 6.07) is 7.99. The number of nitrogens with two attached hydrogens (primary N) is 1. The van der Waals surface area contributed by atoms with Gasteiger partial charge in [-0.25, -0.2) is 4.98 Å². The number of H-pyrrole nitrogens is 1. The summed E-state index contributed by atoms with van der Waals surface area (Å²) >= 11 is 1.59. The predicted octanol–water partition coefficient (Wildman–Crippen LogP) is 1.44. The Labute approximate surface area is 114 Å². The minimum absolute atomic E-state index is 0.398. The molecule has 0 bridgehead atoms. The molecule has 0 unspecified atom stereocenters. The lowest BCUT2D eigenvalue weighted by Crippen LogP contribution is -2.05. The summed E-state index contributed by atoms with van der Waals surface area (Å²) in [5.74, 6) is 2.45. The topological polar surface area (TPSA) is 85.4 Å². The first-order chi connectivity index (χ1) is 9.28. The number of hydrogen-bond acceptors (Lipinski definition) is 5. The second-order valence-electron chi connectivity index (χ2n) is 4.15. The number of aromatic amines is 1. The maximum absolute atomic E-state index is 5.57. The van der Waals surface area contributed by atoms with Crippen molar-refractivity contribution in [2.75, 3.05) is 0 Å². The Bertz CT molecular complexity index is 668. The maximum atomic E-state index is 5.57. The van der Waals surface area contributed by atoms with Gasteiger partial charge in [0, 0.05) is 7.05 Å². The second-order valence-corrected chi connectivity index (χ2v) is 5.09. The van der Waals surface area contributed by atoms with E-state index < -0.39 is 0 Å². The summed E-state index contributed by atoms with van der Waals surface area (Å²) in [7, 11) is 1.92. The minimum Gasteiger partial charge on any atom is -0.341 e. The Morgan fingerprint density at radius 2 is 2.16 bits per heavy atom. The number of nitrogens with zero attached hydrogens (tertiary/aromatic N) is 4. The van der Waals surface area contributed by atoms with E-state index in [4.69, 9.17) is 5.73 Å². The Morgan fingerprint density at radius 1 is 1.32 bits per heavy atom. The zero-order valence-electron chi connectivity index (χ0n) is 10.5. The van der Waals surface area contributed by atoms with E-state index >= 15 is 0 Å². The van der Waals surface area contributed by atoms with Crippen LogP contribution in [0.25, 0.3) is 11.0 Å². The zero-order valence-corrected chi connectivity index (χ0v) is 11.3. The van der Waals surface area contributed by atoms with Gasteiger partial charge in [-0.2, -0.15) is 0 Å². The van der Waals surface area contributed by atoms with Crippen molar-refractivity contribution >= 4 is 22.8 Å². The van der Waals surface area contributed by atoms with Crippen molar-refractivity contribution in [2.45, 2.75) is 17.5 Å². The van der Waals surface area contributed by atoms with Gasteiger partial charge in [-0.15, -0.1) is 10.2 Å². The fraction of sp³-hybridized carbons (Fsp3) is 0.250. The van der Waals surface area contributed by atoms with Crippen LogP contribution in [0.4, 0.5) is 0 Å². The number of nitrogens with one attached hydrogen (secondary N) is 1. The quantitative estimate of drug-likeness (QED) is 0.703. The number of para-hydroxylation sites is 2. The van der Waals surface area contributed by atoms with E-state index in [1.54, 1.807) is 11.8 Å². The van der Waals surface area contributed by atoms with E-state index in [0.717, 1.165) is 33.6 Å². The third-order valence-electron chi connectivity index (χ3n) is 2.88. The van der Waals surface area contributed by atoms with E-state index in [1.807, 2.05) is 35.9 Å². The number of benzene rings is 1. The van der Waals surface area contributed by atoms with Gasteiger partial charge < -0.3 is 15.3 Å². The van der Waals surface area contributed by atoms with Gasteiger partial charge in [-0.05, 0) is 12.1 Å². The lowest BCUT2D eigenvalue weighted by Gasteiger charge is -2.00. The summed E-state index contributed by atoms with van der Waals surface area (Å²) in [5.41, 5.74) is 7.61. The first-order valence-electron chi connectivity index (χ1n) is 5.92. The second kappa shape index (κ2) is 5.02. The number of hydrogen-bond donors (Lipinski definition) is 2. The molecule has 2 aromatic heterocycles. The molecule has 6 nitrogen and oxygen atoms in total. The van der Waals surface area contributed by atoms with Crippen LogP contribution in [0.15, 0.2) is 29.4 Å². The van der Waals surface area contributed by atoms with Crippen molar-refractivity contribution in [2.24, 2.45) is 12.8 Å². The van der Waals surface area contributed by atoms with Crippen LogP contribution in [0.2, 0.25) is 0 Å². The average Bonchev–Trinajstić information content (AvgIpc) is 2.99. The van der Waals surface area contributed by atoms with E-state index in [-0.39, 0.29) is 0 Å². The first kappa shape index (κ1) is 12.2. The van der Waals surface area contributed by atoms with Crippen LogP contribution in [-0.2, 0) is 19.3 Å². The summed E-state index contributed by atoms with van der Waals surface area (Å²) in [5, 5.41) is 8.98. The van der Waals surface area contributed by atoms with Crippen LogP contribution in [0.3, 0.4) is 0 Å². The van der Waals surface area contributed by atoms with Crippen LogP contribution < -0.4 is 5.73 Å². The van der Waals surface area contributed by atoms with Crippen molar-refractivity contribution in [3.05, 3.63) is 35.9 Å². The third-order valence-corrected chi connectivity index (χ3v) is 3.92. The Kier molecular flexibility index (Phi) is 3.22. The lowest BCUT2D eigenvalue weighted by molar-refractivity contribution is 0.734. The predicted molar refractivity (Wildman–Crippen MR) is 74.5 cm³/mol. The van der Waals surface area contributed by atoms with Gasteiger partial charge >= 0.3 is 0 Å². The molecular formula is C12H14N6S. The Balaban J connectivity index is 1.76. The van der Waals surface area contributed by atoms with Gasteiger partial charge in [0.2, 0.25) is 0 Å². The molecule has 0 atom stereocenters. The molecule has 0 aliphatic heterocycles. The van der Waals surface area contributed by atoms with Crippen LogP contribution in [0.5, 0.6) is 0 Å². The molecule has 0 aliphatic carbocycles. The van der Waals surface area contributed by atoms with Crippen LogP contribution in [0.1, 0.15) is 11.6 Å². The monoisotopic (exact) mass is 274 g/mol. The Morgan fingerprint density at radius 3 is 2.89 bits per heavy atom. The van der Waals surface area contributed by atoms with Gasteiger partial charge in [0.25, 0.3) is 0 Å². The molecule has 0 fully saturated rings.